The van der Waals surface area contributed by atoms with E-state index in [2.05, 4.69) is 15.3 Å². The van der Waals surface area contributed by atoms with Crippen LogP contribution in [0, 0.1) is 12.3 Å². The van der Waals surface area contributed by atoms with Gasteiger partial charge in [-0.15, -0.1) is 0 Å². The van der Waals surface area contributed by atoms with Crippen molar-refractivity contribution in [2.24, 2.45) is 11.1 Å². The lowest BCUT2D eigenvalue weighted by atomic mass is 9.68. The second-order valence-corrected chi connectivity index (χ2v) is 4.62. The molecule has 1 saturated carbocycles. The van der Waals surface area contributed by atoms with Gasteiger partial charge in [0.25, 0.3) is 0 Å². The van der Waals surface area contributed by atoms with E-state index < -0.39 is 0 Å². The molecule has 5 heteroatoms. The van der Waals surface area contributed by atoms with Gasteiger partial charge in [0.15, 0.2) is 0 Å². The Morgan fingerprint density at radius 3 is 2.88 bits per heavy atom. The van der Waals surface area contributed by atoms with E-state index in [9.17, 15) is 4.79 Å². The van der Waals surface area contributed by atoms with Crippen molar-refractivity contribution in [3.63, 3.8) is 0 Å². The zero-order valence-corrected chi connectivity index (χ0v) is 10.1. The maximum absolute atomic E-state index is 12.0. The van der Waals surface area contributed by atoms with E-state index >= 15 is 0 Å². The van der Waals surface area contributed by atoms with Crippen LogP contribution in [-0.2, 0) is 11.3 Å². The zero-order chi connectivity index (χ0) is 12.3. The molecule has 2 rings (SSSR count). The number of rotatable bonds is 4. The van der Waals surface area contributed by atoms with Gasteiger partial charge in [-0.2, -0.15) is 0 Å². The molecule has 1 aromatic rings. The first kappa shape index (κ1) is 12.0. The SMILES string of the molecule is Cc1nccc(CNC(=O)C2(CN)CCC2)n1. The first-order valence-electron chi connectivity index (χ1n) is 5.93. The van der Waals surface area contributed by atoms with Gasteiger partial charge in [0.1, 0.15) is 5.82 Å². The van der Waals surface area contributed by atoms with E-state index in [4.69, 9.17) is 5.73 Å². The summed E-state index contributed by atoms with van der Waals surface area (Å²) < 4.78 is 0. The standard InChI is InChI=1S/C12H18N4O/c1-9-14-6-3-10(16-9)7-15-11(17)12(8-13)4-2-5-12/h3,6H,2,4-5,7-8,13H2,1H3,(H,15,17). The van der Waals surface area contributed by atoms with Crippen molar-refractivity contribution in [2.75, 3.05) is 6.54 Å². The molecular weight excluding hydrogens is 216 g/mol. The average Bonchev–Trinajstić information content (AvgIpc) is 2.26. The first-order valence-corrected chi connectivity index (χ1v) is 5.93. The van der Waals surface area contributed by atoms with E-state index in [0.717, 1.165) is 25.0 Å². The highest BCUT2D eigenvalue weighted by Crippen LogP contribution is 2.39. The Bertz CT molecular complexity index is 409. The molecule has 1 heterocycles. The molecular formula is C12H18N4O. The molecule has 0 unspecified atom stereocenters. The average molecular weight is 234 g/mol. The molecule has 0 atom stereocenters. The van der Waals surface area contributed by atoms with E-state index in [-0.39, 0.29) is 11.3 Å². The third kappa shape index (κ3) is 2.44. The lowest BCUT2D eigenvalue weighted by molar-refractivity contribution is -0.135. The number of carbonyl (C=O) groups is 1. The number of carbonyl (C=O) groups excluding carboxylic acids is 1. The van der Waals surface area contributed by atoms with Gasteiger partial charge in [-0.3, -0.25) is 4.79 Å². The smallest absolute Gasteiger partial charge is 0.227 e. The first-order chi connectivity index (χ1) is 8.16. The summed E-state index contributed by atoms with van der Waals surface area (Å²) in [5.74, 6) is 0.774. The fourth-order valence-corrected chi connectivity index (χ4v) is 2.09. The van der Waals surface area contributed by atoms with Crippen LogP contribution in [0.4, 0.5) is 0 Å². The summed E-state index contributed by atoms with van der Waals surface area (Å²) in [5, 5.41) is 2.91. The van der Waals surface area contributed by atoms with Crippen molar-refractivity contribution in [3.05, 3.63) is 23.8 Å². The Balaban J connectivity index is 1.92. The summed E-state index contributed by atoms with van der Waals surface area (Å²) in [5.41, 5.74) is 6.19. The molecule has 17 heavy (non-hydrogen) atoms. The highest BCUT2D eigenvalue weighted by molar-refractivity contribution is 5.83. The molecule has 1 amide bonds. The number of nitrogens with zero attached hydrogens (tertiary/aromatic N) is 2. The molecule has 0 radical (unpaired) electrons. The van der Waals surface area contributed by atoms with Gasteiger partial charge < -0.3 is 11.1 Å². The van der Waals surface area contributed by atoms with Crippen molar-refractivity contribution in [3.8, 4) is 0 Å². The van der Waals surface area contributed by atoms with Crippen molar-refractivity contribution >= 4 is 5.91 Å². The predicted molar refractivity (Wildman–Crippen MR) is 64.0 cm³/mol. The van der Waals surface area contributed by atoms with Gasteiger partial charge in [-0.25, -0.2) is 9.97 Å². The van der Waals surface area contributed by atoms with Crippen LogP contribution in [0.5, 0.6) is 0 Å². The number of nitrogens with two attached hydrogens (primary N) is 1. The maximum Gasteiger partial charge on any atom is 0.227 e. The monoisotopic (exact) mass is 234 g/mol. The summed E-state index contributed by atoms with van der Waals surface area (Å²) in [7, 11) is 0. The Hall–Kier alpha value is -1.49. The third-order valence-corrected chi connectivity index (χ3v) is 3.45. The van der Waals surface area contributed by atoms with Gasteiger partial charge >= 0.3 is 0 Å². The van der Waals surface area contributed by atoms with Crippen molar-refractivity contribution in [1.29, 1.82) is 0 Å². The van der Waals surface area contributed by atoms with Crippen LogP contribution < -0.4 is 11.1 Å². The molecule has 0 bridgehead atoms. The topological polar surface area (TPSA) is 80.9 Å². The second-order valence-electron chi connectivity index (χ2n) is 4.62. The Morgan fingerprint density at radius 2 is 2.35 bits per heavy atom. The summed E-state index contributed by atoms with van der Waals surface area (Å²) in [4.78, 5) is 20.3. The van der Waals surface area contributed by atoms with Gasteiger partial charge in [-0.1, -0.05) is 6.42 Å². The number of hydrogen-bond acceptors (Lipinski definition) is 4. The lowest BCUT2D eigenvalue weighted by Crippen LogP contribution is -2.50. The molecule has 3 N–H and O–H groups in total. The van der Waals surface area contributed by atoms with E-state index in [1.165, 1.54) is 0 Å². The predicted octanol–water partition coefficient (Wildman–Crippen LogP) is 0.530. The van der Waals surface area contributed by atoms with Crippen LogP contribution in [0.2, 0.25) is 0 Å². The van der Waals surface area contributed by atoms with Crippen LogP contribution in [0.3, 0.4) is 0 Å². The van der Waals surface area contributed by atoms with Crippen molar-refractivity contribution in [1.82, 2.24) is 15.3 Å². The summed E-state index contributed by atoms with van der Waals surface area (Å²) >= 11 is 0. The summed E-state index contributed by atoms with van der Waals surface area (Å²) in [6.07, 6.45) is 4.60. The number of hydrogen-bond donors (Lipinski definition) is 2. The number of nitrogens with one attached hydrogen (secondary N) is 1. The summed E-state index contributed by atoms with van der Waals surface area (Å²) in [6, 6.07) is 1.81. The van der Waals surface area contributed by atoms with Crippen LogP contribution in [-0.4, -0.2) is 22.4 Å². The van der Waals surface area contributed by atoms with E-state index in [1.807, 2.05) is 13.0 Å². The van der Waals surface area contributed by atoms with Gasteiger partial charge in [0.05, 0.1) is 17.7 Å². The Morgan fingerprint density at radius 1 is 1.59 bits per heavy atom. The number of amides is 1. The van der Waals surface area contributed by atoms with Crippen molar-refractivity contribution in [2.45, 2.75) is 32.7 Å². The largest absolute Gasteiger partial charge is 0.350 e. The molecule has 0 aromatic carbocycles. The van der Waals surface area contributed by atoms with Gasteiger partial charge in [0.2, 0.25) is 5.91 Å². The second kappa shape index (κ2) is 4.79. The molecule has 5 nitrogen and oxygen atoms in total. The molecule has 0 aliphatic heterocycles. The third-order valence-electron chi connectivity index (χ3n) is 3.45. The molecule has 1 aromatic heterocycles. The molecule has 1 aliphatic carbocycles. The lowest BCUT2D eigenvalue weighted by Gasteiger charge is -2.39. The minimum Gasteiger partial charge on any atom is -0.350 e. The highest BCUT2D eigenvalue weighted by atomic mass is 16.2. The summed E-state index contributed by atoms with van der Waals surface area (Å²) in [6.45, 7) is 2.71. The normalized spacial score (nSPS) is 17.3. The quantitative estimate of drug-likeness (QED) is 0.796. The maximum atomic E-state index is 12.0. The molecule has 0 spiro atoms. The number of aromatic nitrogens is 2. The van der Waals surface area contributed by atoms with Crippen LogP contribution in [0.15, 0.2) is 12.3 Å². The fraction of sp³-hybridized carbons (Fsp3) is 0.583. The molecule has 92 valence electrons. The number of aryl methyl sites for hydroxylation is 1. The minimum absolute atomic E-state index is 0.0579. The van der Waals surface area contributed by atoms with Crippen molar-refractivity contribution < 1.29 is 4.79 Å². The molecule has 1 aliphatic rings. The van der Waals surface area contributed by atoms with Crippen LogP contribution >= 0.6 is 0 Å². The fourth-order valence-electron chi connectivity index (χ4n) is 2.09. The highest BCUT2D eigenvalue weighted by Gasteiger charge is 2.42. The van der Waals surface area contributed by atoms with Gasteiger partial charge in [0, 0.05) is 12.7 Å². The Kier molecular flexibility index (Phi) is 3.38. The minimum atomic E-state index is -0.317. The van der Waals surface area contributed by atoms with Gasteiger partial charge in [-0.05, 0) is 25.8 Å². The molecule has 0 saturated heterocycles. The molecule has 1 fully saturated rings. The van der Waals surface area contributed by atoms with Crippen LogP contribution in [0.25, 0.3) is 0 Å². The zero-order valence-electron chi connectivity index (χ0n) is 10.1. The van der Waals surface area contributed by atoms with E-state index in [0.29, 0.717) is 18.9 Å². The Labute approximate surface area is 101 Å². The van der Waals surface area contributed by atoms with E-state index in [1.54, 1.807) is 6.20 Å². The van der Waals surface area contributed by atoms with Crippen LogP contribution in [0.1, 0.15) is 30.8 Å².